The maximum atomic E-state index is 12.6. The summed E-state index contributed by atoms with van der Waals surface area (Å²) in [5, 5.41) is 3.24. The molecule has 1 saturated carbocycles. The van der Waals surface area contributed by atoms with Crippen LogP contribution in [0, 0.1) is 0 Å². The van der Waals surface area contributed by atoms with Crippen LogP contribution < -0.4 is 10.2 Å². The molecule has 1 aliphatic rings. The van der Waals surface area contributed by atoms with Crippen LogP contribution in [0.1, 0.15) is 31.7 Å². The van der Waals surface area contributed by atoms with Gasteiger partial charge in [-0.25, -0.2) is 4.98 Å². The van der Waals surface area contributed by atoms with Crippen molar-refractivity contribution in [2.24, 2.45) is 0 Å². The fourth-order valence-corrected chi connectivity index (χ4v) is 2.11. The number of pyridine rings is 1. The van der Waals surface area contributed by atoms with E-state index in [1.165, 1.54) is 4.90 Å². The third-order valence-corrected chi connectivity index (χ3v) is 3.20. The summed E-state index contributed by atoms with van der Waals surface area (Å²) in [7, 11) is 0. The molecule has 112 valence electrons. The van der Waals surface area contributed by atoms with Gasteiger partial charge in [0, 0.05) is 18.8 Å². The molecule has 0 aromatic carbocycles. The summed E-state index contributed by atoms with van der Waals surface area (Å²) in [4.78, 5) is 5.49. The summed E-state index contributed by atoms with van der Waals surface area (Å²) in [6.07, 6.45) is 0.0527. The highest BCUT2D eigenvalue weighted by molar-refractivity contribution is 5.44. The van der Waals surface area contributed by atoms with Gasteiger partial charge in [-0.1, -0.05) is 6.92 Å². The van der Waals surface area contributed by atoms with Gasteiger partial charge in [-0.05, 0) is 43.5 Å². The van der Waals surface area contributed by atoms with Crippen molar-refractivity contribution in [3.8, 4) is 0 Å². The average molecular weight is 287 g/mol. The molecule has 20 heavy (non-hydrogen) atoms. The molecule has 1 N–H and O–H groups in total. The zero-order chi connectivity index (χ0) is 14.6. The first kappa shape index (κ1) is 15.1. The molecule has 3 nitrogen and oxygen atoms in total. The lowest BCUT2D eigenvalue weighted by molar-refractivity contribution is -0.120. The van der Waals surface area contributed by atoms with E-state index in [1.54, 1.807) is 12.3 Å². The van der Waals surface area contributed by atoms with E-state index in [0.29, 0.717) is 12.4 Å². The summed E-state index contributed by atoms with van der Waals surface area (Å²) >= 11 is 0. The Morgan fingerprint density at radius 2 is 2.15 bits per heavy atom. The van der Waals surface area contributed by atoms with E-state index in [2.05, 4.69) is 17.2 Å². The maximum absolute atomic E-state index is 12.6. The average Bonchev–Trinajstić information content (AvgIpc) is 3.20. The molecule has 1 heterocycles. The fraction of sp³-hybridized carbons (Fsp3) is 0.643. The molecule has 0 radical (unpaired) electrons. The third-order valence-electron chi connectivity index (χ3n) is 3.20. The Bertz CT molecular complexity index is 430. The topological polar surface area (TPSA) is 28.2 Å². The molecule has 1 fully saturated rings. The van der Waals surface area contributed by atoms with Crippen molar-refractivity contribution in [3.63, 3.8) is 0 Å². The molecule has 0 saturated heterocycles. The third kappa shape index (κ3) is 4.67. The van der Waals surface area contributed by atoms with Gasteiger partial charge in [0.05, 0.1) is 0 Å². The minimum absolute atomic E-state index is 0.0111. The maximum Gasteiger partial charge on any atom is 0.405 e. The number of rotatable bonds is 7. The highest BCUT2D eigenvalue weighted by Gasteiger charge is 2.38. The number of halogens is 3. The standard InChI is InChI=1S/C14H20F3N3/c1-2-6-18-9-11-5-7-19-13(8-11)20(12-3-4-12)10-14(15,16)17/h5,7-8,12,18H,2-4,6,9-10H2,1H3. The van der Waals surface area contributed by atoms with Crippen molar-refractivity contribution >= 4 is 5.82 Å². The Labute approximate surface area is 117 Å². The predicted octanol–water partition coefficient (Wildman–Crippen LogP) is 3.11. The van der Waals surface area contributed by atoms with Crippen LogP contribution in [0.4, 0.5) is 19.0 Å². The Balaban J connectivity index is 2.06. The minimum atomic E-state index is -4.19. The first-order valence-electron chi connectivity index (χ1n) is 6.98. The van der Waals surface area contributed by atoms with Gasteiger partial charge in [-0.3, -0.25) is 0 Å². The second kappa shape index (κ2) is 6.43. The number of nitrogens with zero attached hydrogens (tertiary/aromatic N) is 2. The molecule has 0 spiro atoms. The number of anilines is 1. The van der Waals surface area contributed by atoms with E-state index in [4.69, 9.17) is 0 Å². The van der Waals surface area contributed by atoms with Gasteiger partial charge in [-0.2, -0.15) is 13.2 Å². The van der Waals surface area contributed by atoms with Crippen molar-refractivity contribution in [2.45, 2.75) is 44.9 Å². The van der Waals surface area contributed by atoms with Crippen LogP contribution in [0.25, 0.3) is 0 Å². The predicted molar refractivity (Wildman–Crippen MR) is 72.7 cm³/mol. The molecule has 0 unspecified atom stereocenters. The van der Waals surface area contributed by atoms with Crippen molar-refractivity contribution in [1.82, 2.24) is 10.3 Å². The highest BCUT2D eigenvalue weighted by Crippen LogP contribution is 2.33. The van der Waals surface area contributed by atoms with E-state index in [1.807, 2.05) is 6.07 Å². The zero-order valence-electron chi connectivity index (χ0n) is 11.6. The molecule has 1 aromatic heterocycles. The van der Waals surface area contributed by atoms with Crippen LogP contribution in [-0.4, -0.2) is 30.3 Å². The first-order valence-corrected chi connectivity index (χ1v) is 6.98. The van der Waals surface area contributed by atoms with E-state index < -0.39 is 12.7 Å². The quantitative estimate of drug-likeness (QED) is 0.781. The zero-order valence-corrected chi connectivity index (χ0v) is 11.6. The number of aromatic nitrogens is 1. The lowest BCUT2D eigenvalue weighted by atomic mass is 10.2. The molecule has 2 rings (SSSR count). The smallest absolute Gasteiger partial charge is 0.345 e. The Kier molecular flexibility index (Phi) is 4.86. The van der Waals surface area contributed by atoms with Crippen molar-refractivity contribution in [3.05, 3.63) is 23.9 Å². The van der Waals surface area contributed by atoms with E-state index in [9.17, 15) is 13.2 Å². The number of nitrogens with one attached hydrogen (secondary N) is 1. The molecule has 1 aromatic rings. The van der Waals surface area contributed by atoms with Crippen LogP contribution in [0.3, 0.4) is 0 Å². The summed E-state index contributed by atoms with van der Waals surface area (Å²) in [6, 6.07) is 3.58. The Morgan fingerprint density at radius 1 is 1.40 bits per heavy atom. The monoisotopic (exact) mass is 287 g/mol. The lowest BCUT2D eigenvalue weighted by Gasteiger charge is -2.25. The van der Waals surface area contributed by atoms with Crippen molar-refractivity contribution < 1.29 is 13.2 Å². The van der Waals surface area contributed by atoms with Crippen LogP contribution in [0.2, 0.25) is 0 Å². The molecule has 1 aliphatic carbocycles. The normalized spacial score (nSPS) is 15.4. The largest absolute Gasteiger partial charge is 0.405 e. The summed E-state index contributed by atoms with van der Waals surface area (Å²) in [6.45, 7) is 2.71. The van der Waals surface area contributed by atoms with E-state index in [-0.39, 0.29) is 6.04 Å². The van der Waals surface area contributed by atoms with Gasteiger partial charge in [0.15, 0.2) is 0 Å². The van der Waals surface area contributed by atoms with E-state index in [0.717, 1.165) is 31.4 Å². The lowest BCUT2D eigenvalue weighted by Crippen LogP contribution is -2.36. The van der Waals surface area contributed by atoms with E-state index >= 15 is 0 Å². The Morgan fingerprint density at radius 3 is 2.75 bits per heavy atom. The number of hydrogen-bond acceptors (Lipinski definition) is 3. The number of alkyl halides is 3. The second-order valence-electron chi connectivity index (χ2n) is 5.17. The highest BCUT2D eigenvalue weighted by atomic mass is 19.4. The minimum Gasteiger partial charge on any atom is -0.345 e. The molecule has 0 aliphatic heterocycles. The fourth-order valence-electron chi connectivity index (χ4n) is 2.11. The van der Waals surface area contributed by atoms with Gasteiger partial charge < -0.3 is 10.2 Å². The van der Waals surface area contributed by atoms with Crippen LogP contribution >= 0.6 is 0 Å². The van der Waals surface area contributed by atoms with Gasteiger partial charge in [0.2, 0.25) is 0 Å². The first-order chi connectivity index (χ1) is 9.49. The van der Waals surface area contributed by atoms with Gasteiger partial charge >= 0.3 is 6.18 Å². The Hall–Kier alpha value is -1.30. The molecule has 0 bridgehead atoms. The molecular weight excluding hydrogens is 267 g/mol. The van der Waals surface area contributed by atoms with Crippen molar-refractivity contribution in [2.75, 3.05) is 18.0 Å². The van der Waals surface area contributed by atoms with Crippen LogP contribution in [0.5, 0.6) is 0 Å². The SMILES string of the molecule is CCCNCc1ccnc(N(CC(F)(F)F)C2CC2)c1. The summed E-state index contributed by atoms with van der Waals surface area (Å²) < 4.78 is 37.9. The van der Waals surface area contributed by atoms with Crippen LogP contribution in [-0.2, 0) is 6.54 Å². The molecule has 6 heteroatoms. The molecular formula is C14H20F3N3. The second-order valence-corrected chi connectivity index (χ2v) is 5.17. The van der Waals surface area contributed by atoms with Gasteiger partial charge in [0.25, 0.3) is 0 Å². The van der Waals surface area contributed by atoms with Crippen LogP contribution in [0.15, 0.2) is 18.3 Å². The summed E-state index contributed by atoms with van der Waals surface area (Å²) in [5.74, 6) is 0.431. The van der Waals surface area contributed by atoms with Gasteiger partial charge in [-0.15, -0.1) is 0 Å². The number of hydrogen-bond donors (Lipinski definition) is 1. The summed E-state index contributed by atoms with van der Waals surface area (Å²) in [5.41, 5.74) is 0.969. The van der Waals surface area contributed by atoms with Crippen molar-refractivity contribution in [1.29, 1.82) is 0 Å². The van der Waals surface area contributed by atoms with Gasteiger partial charge in [0.1, 0.15) is 12.4 Å². The molecule has 0 amide bonds. The molecule has 0 atom stereocenters.